The Morgan fingerprint density at radius 3 is 1.92 bits per heavy atom. The maximum atomic E-state index is 9.06. The molecule has 0 bridgehead atoms. The van der Waals surface area contributed by atoms with Crippen molar-refractivity contribution in [1.82, 2.24) is 15.0 Å². The Balaban J connectivity index is 2.61. The van der Waals surface area contributed by atoms with E-state index < -0.39 is 7.59 Å². The van der Waals surface area contributed by atoms with Gasteiger partial charge in [-0.05, 0) is 11.6 Å². The minimum atomic E-state index is -1.98. The van der Waals surface area contributed by atoms with Crippen LogP contribution in [0.3, 0.4) is 0 Å². The fraction of sp³-hybridized carbons (Fsp3) is 0.267. The monoisotopic (exact) mass is 475 g/mol. The highest BCUT2D eigenvalue weighted by Crippen LogP contribution is 2.40. The van der Waals surface area contributed by atoms with Gasteiger partial charge in [-0.25, -0.2) is 15.0 Å². The Kier molecular flexibility index (Phi) is 7.62. The number of aliphatic hydroxyl groups excluding tert-OH is 1. The molecule has 1 N–H and O–H groups in total. The van der Waals surface area contributed by atoms with Crippen LogP contribution in [0.5, 0.6) is 0 Å². The summed E-state index contributed by atoms with van der Waals surface area (Å²) in [6.45, 7) is -0.248. The summed E-state index contributed by atoms with van der Waals surface area (Å²) >= 11 is 35.2. The second-order valence-electron chi connectivity index (χ2n) is 4.79. The molecule has 140 valence electrons. The van der Waals surface area contributed by atoms with Crippen LogP contribution in [0.2, 0.25) is 0 Å². The van der Waals surface area contributed by atoms with Gasteiger partial charge in [0.2, 0.25) is 7.59 Å². The molecule has 0 atom stereocenters. The average molecular weight is 478 g/mol. The van der Waals surface area contributed by atoms with Gasteiger partial charge in [0.1, 0.15) is 6.61 Å². The van der Waals surface area contributed by atoms with E-state index in [4.69, 9.17) is 79.4 Å². The lowest BCUT2D eigenvalue weighted by molar-refractivity contribution is 0.180. The molecule has 0 radical (unpaired) electrons. The van der Waals surface area contributed by atoms with Crippen molar-refractivity contribution in [2.45, 2.75) is 7.59 Å². The minimum absolute atomic E-state index is 0.0139. The first-order chi connectivity index (χ1) is 12.1. The molecule has 1 heterocycles. The van der Waals surface area contributed by atoms with Crippen molar-refractivity contribution in [3.63, 3.8) is 0 Å². The molecule has 0 aliphatic heterocycles. The molecule has 1 aromatic carbocycles. The van der Waals surface area contributed by atoms with Gasteiger partial charge in [-0.3, -0.25) is 0 Å². The molecule has 0 aliphatic rings. The molecule has 0 amide bonds. The molecule has 0 aliphatic carbocycles. The lowest BCUT2D eigenvalue weighted by atomic mass is 10.2. The summed E-state index contributed by atoms with van der Waals surface area (Å²) in [7, 11) is 0. The van der Waals surface area contributed by atoms with Gasteiger partial charge < -0.3 is 9.84 Å². The van der Waals surface area contributed by atoms with Crippen LogP contribution < -0.4 is 0 Å². The van der Waals surface area contributed by atoms with E-state index in [0.717, 1.165) is 5.56 Å². The number of halogens is 6. The predicted molar refractivity (Wildman–Crippen MR) is 106 cm³/mol. The molecular formula is C15H11Cl6N3O2. The highest BCUT2D eigenvalue weighted by Gasteiger charge is 2.34. The molecule has 2 rings (SSSR count). The Labute approximate surface area is 179 Å². The Bertz CT molecular complexity index is 743. The second-order valence-corrected chi connectivity index (χ2v) is 9.36. The summed E-state index contributed by atoms with van der Waals surface area (Å²) in [5.41, 5.74) is 0.784. The molecule has 5 nitrogen and oxygen atoms in total. The van der Waals surface area contributed by atoms with Crippen molar-refractivity contribution in [2.75, 3.05) is 13.2 Å². The second kappa shape index (κ2) is 9.11. The molecule has 26 heavy (non-hydrogen) atoms. The van der Waals surface area contributed by atoms with E-state index in [1.807, 2.05) is 30.3 Å². The third-order valence-electron chi connectivity index (χ3n) is 2.81. The maximum absolute atomic E-state index is 9.06. The number of hydrogen-bond acceptors (Lipinski definition) is 5. The highest BCUT2D eigenvalue weighted by molar-refractivity contribution is 6.67. The fourth-order valence-corrected chi connectivity index (χ4v) is 2.27. The Hall–Kier alpha value is -0.530. The number of alkyl halides is 6. The summed E-state index contributed by atoms with van der Waals surface area (Å²) in [5.74, 6) is -0.306. The number of aliphatic hydroxyl groups is 1. The van der Waals surface area contributed by atoms with E-state index >= 15 is 0 Å². The lowest BCUT2D eigenvalue weighted by Crippen LogP contribution is -2.18. The molecule has 1 aromatic heterocycles. The topological polar surface area (TPSA) is 68.1 Å². The number of benzene rings is 1. The Morgan fingerprint density at radius 2 is 1.46 bits per heavy atom. The van der Waals surface area contributed by atoms with Crippen molar-refractivity contribution in [2.24, 2.45) is 0 Å². The van der Waals surface area contributed by atoms with Gasteiger partial charge in [0.15, 0.2) is 23.2 Å². The van der Waals surface area contributed by atoms with Crippen LogP contribution in [0, 0.1) is 0 Å². The number of aromatic nitrogens is 3. The van der Waals surface area contributed by atoms with Gasteiger partial charge in [0.25, 0.3) is 0 Å². The molecular weight excluding hydrogens is 467 g/mol. The third-order valence-corrected chi connectivity index (χ3v) is 3.82. The molecule has 0 spiro atoms. The lowest BCUT2D eigenvalue weighted by Gasteiger charge is -2.17. The van der Waals surface area contributed by atoms with Gasteiger partial charge in [0, 0.05) is 0 Å². The van der Waals surface area contributed by atoms with Gasteiger partial charge in [-0.15, -0.1) is 0 Å². The summed E-state index contributed by atoms with van der Waals surface area (Å²) < 4.78 is 1.57. The van der Waals surface area contributed by atoms with Gasteiger partial charge >= 0.3 is 0 Å². The van der Waals surface area contributed by atoms with Crippen molar-refractivity contribution in [3.05, 3.63) is 53.4 Å². The van der Waals surface area contributed by atoms with E-state index in [2.05, 4.69) is 15.0 Å². The summed E-state index contributed by atoms with van der Waals surface area (Å²) in [6.07, 6.45) is 1.63. The van der Waals surface area contributed by atoms with E-state index in [1.54, 1.807) is 6.08 Å². The Morgan fingerprint density at radius 1 is 0.923 bits per heavy atom. The molecule has 0 unspecified atom stereocenters. The quantitative estimate of drug-likeness (QED) is 0.483. The van der Waals surface area contributed by atoms with Gasteiger partial charge in [-0.1, -0.05) is 99.9 Å². The van der Waals surface area contributed by atoms with Gasteiger partial charge in [-0.2, -0.15) is 0 Å². The number of rotatable bonds is 5. The van der Waals surface area contributed by atoms with E-state index in [9.17, 15) is 0 Å². The van der Waals surface area contributed by atoms with Crippen molar-refractivity contribution in [1.29, 1.82) is 0 Å². The van der Waals surface area contributed by atoms with Crippen LogP contribution in [0.15, 0.2) is 30.3 Å². The van der Waals surface area contributed by atoms with Crippen LogP contribution in [0.4, 0.5) is 0 Å². The van der Waals surface area contributed by atoms with Crippen molar-refractivity contribution >= 4 is 81.4 Å². The smallest absolute Gasteiger partial charge is 0.250 e. The van der Waals surface area contributed by atoms with Crippen LogP contribution in [-0.2, 0) is 12.3 Å². The van der Waals surface area contributed by atoms with E-state index in [1.165, 1.54) is 0 Å². The predicted octanol–water partition coefficient (Wildman–Crippen LogP) is 5.03. The SMILES string of the molecule is OCCOC(=Cc1ccccc1)c1nc(C(Cl)(Cl)Cl)nc(C(Cl)(Cl)Cl)n1. The molecule has 0 saturated carbocycles. The number of hydrogen-bond donors (Lipinski definition) is 1. The number of ether oxygens (including phenoxy) is 1. The van der Waals surface area contributed by atoms with Crippen LogP contribution >= 0.6 is 69.6 Å². The number of nitrogens with zero attached hydrogens (tertiary/aromatic N) is 3. The van der Waals surface area contributed by atoms with Crippen molar-refractivity contribution in [3.8, 4) is 0 Å². The summed E-state index contributed by atoms with van der Waals surface area (Å²) in [6, 6.07) is 9.19. The van der Waals surface area contributed by atoms with Crippen molar-refractivity contribution < 1.29 is 9.84 Å². The molecule has 2 aromatic rings. The normalized spacial score (nSPS) is 13.0. The van der Waals surface area contributed by atoms with Gasteiger partial charge in [0.05, 0.1) is 6.61 Å². The standard InChI is InChI=1S/C15H11Cl6N3O2/c16-14(17,18)12-22-11(23-13(24-12)15(19,20)21)10(26-7-6-25)8-9-4-2-1-3-5-9/h1-5,8,25H,6-7H2. The highest BCUT2D eigenvalue weighted by atomic mass is 35.6. The zero-order valence-electron chi connectivity index (χ0n) is 12.8. The molecule has 11 heteroatoms. The van der Waals surface area contributed by atoms with Crippen LogP contribution in [0.1, 0.15) is 23.0 Å². The largest absolute Gasteiger partial charge is 0.487 e. The fourth-order valence-electron chi connectivity index (χ4n) is 1.77. The summed E-state index contributed by atoms with van der Waals surface area (Å²) in [4.78, 5) is 12.1. The maximum Gasteiger partial charge on any atom is 0.250 e. The first-order valence-corrected chi connectivity index (χ1v) is 9.29. The zero-order valence-corrected chi connectivity index (χ0v) is 17.4. The van der Waals surface area contributed by atoms with E-state index in [0.29, 0.717) is 0 Å². The first kappa shape index (κ1) is 21.8. The van der Waals surface area contributed by atoms with Crippen LogP contribution in [0.25, 0.3) is 11.8 Å². The zero-order chi connectivity index (χ0) is 19.4. The average Bonchev–Trinajstić information content (AvgIpc) is 2.57. The molecule has 0 saturated heterocycles. The first-order valence-electron chi connectivity index (χ1n) is 7.02. The van der Waals surface area contributed by atoms with Crippen LogP contribution in [-0.4, -0.2) is 33.3 Å². The molecule has 0 fully saturated rings. The third kappa shape index (κ3) is 6.27. The minimum Gasteiger partial charge on any atom is -0.487 e. The summed E-state index contributed by atoms with van der Waals surface area (Å²) in [5, 5.41) is 9.06. The van der Waals surface area contributed by atoms with E-state index in [-0.39, 0.29) is 36.4 Å².